The molecule has 1 aromatic carbocycles. The summed E-state index contributed by atoms with van der Waals surface area (Å²) < 4.78 is 5.32. The molecule has 0 unspecified atom stereocenters. The number of aromatic nitrogens is 2. The van der Waals surface area contributed by atoms with Crippen molar-refractivity contribution in [1.29, 1.82) is 0 Å². The number of carbonyl (C=O) groups excluding carboxylic acids is 1. The van der Waals surface area contributed by atoms with Gasteiger partial charge >= 0.3 is 0 Å². The zero-order valence-corrected chi connectivity index (χ0v) is 18.8. The summed E-state index contributed by atoms with van der Waals surface area (Å²) in [6.07, 6.45) is 0. The van der Waals surface area contributed by atoms with Gasteiger partial charge in [-0.3, -0.25) is 19.4 Å². The summed E-state index contributed by atoms with van der Waals surface area (Å²) in [6.45, 7) is 7.07. The number of carbonyl (C=O) groups is 1. The number of nitrogens with one attached hydrogen (secondary N) is 1. The fourth-order valence-electron chi connectivity index (χ4n) is 4.22. The number of hydrogen-bond donors (Lipinski definition) is 1. The highest BCUT2D eigenvalue weighted by Crippen LogP contribution is 2.30. The van der Waals surface area contributed by atoms with E-state index in [1.54, 1.807) is 11.3 Å². The number of thiophene rings is 1. The van der Waals surface area contributed by atoms with Crippen LogP contribution in [0, 0.1) is 0 Å². The van der Waals surface area contributed by atoms with Crippen molar-refractivity contribution in [3.63, 3.8) is 0 Å². The summed E-state index contributed by atoms with van der Waals surface area (Å²) in [4.78, 5) is 41.0. The second-order valence-corrected chi connectivity index (χ2v) is 9.28. The van der Waals surface area contributed by atoms with Crippen LogP contribution < -0.4 is 5.56 Å². The van der Waals surface area contributed by atoms with E-state index in [9.17, 15) is 9.59 Å². The van der Waals surface area contributed by atoms with Crippen molar-refractivity contribution in [2.24, 2.45) is 0 Å². The number of hydrogen-bond acceptors (Lipinski definition) is 7. The zero-order chi connectivity index (χ0) is 21.9. The summed E-state index contributed by atoms with van der Waals surface area (Å²) in [7, 11) is 0. The Labute approximate surface area is 190 Å². The predicted octanol–water partition coefficient (Wildman–Crippen LogP) is 1.63. The van der Waals surface area contributed by atoms with Crippen LogP contribution in [-0.4, -0.2) is 89.6 Å². The average molecular weight is 454 g/mol. The maximum Gasteiger partial charge on any atom is 0.259 e. The lowest BCUT2D eigenvalue weighted by molar-refractivity contribution is -0.136. The standard InChI is InChI=1S/C23H27N5O3S/c29-21(28-10-12-31-13-11-28)16-27-8-6-26(7-9-27)15-20-24-22(30)18-14-19(32-23(18)25-20)17-4-2-1-3-5-17/h1-5,14H,6-13,15-16H2,(H,24,25,30). The van der Waals surface area contributed by atoms with Gasteiger partial charge < -0.3 is 14.6 Å². The second-order valence-electron chi connectivity index (χ2n) is 8.25. The van der Waals surface area contributed by atoms with Crippen LogP contribution >= 0.6 is 11.3 Å². The van der Waals surface area contributed by atoms with Gasteiger partial charge in [-0.2, -0.15) is 0 Å². The number of ether oxygens (including phenoxy) is 1. The molecule has 0 bridgehead atoms. The van der Waals surface area contributed by atoms with Gasteiger partial charge in [0.05, 0.1) is 31.7 Å². The summed E-state index contributed by atoms with van der Waals surface area (Å²) >= 11 is 1.55. The maximum absolute atomic E-state index is 12.6. The molecule has 3 aromatic rings. The van der Waals surface area contributed by atoms with Crippen LogP contribution in [0.4, 0.5) is 0 Å². The molecule has 0 saturated carbocycles. The van der Waals surface area contributed by atoms with Crippen LogP contribution in [0.15, 0.2) is 41.2 Å². The molecule has 5 rings (SSSR count). The predicted molar refractivity (Wildman–Crippen MR) is 125 cm³/mol. The summed E-state index contributed by atoms with van der Waals surface area (Å²) in [5.41, 5.74) is 1.01. The molecule has 2 aromatic heterocycles. The highest BCUT2D eigenvalue weighted by atomic mass is 32.1. The van der Waals surface area contributed by atoms with Crippen molar-refractivity contribution in [2.75, 3.05) is 59.0 Å². The fraction of sp³-hybridized carbons (Fsp3) is 0.435. The number of piperazine rings is 1. The Balaban J connectivity index is 1.20. The van der Waals surface area contributed by atoms with Crippen molar-refractivity contribution in [2.45, 2.75) is 6.54 Å². The number of aromatic amines is 1. The number of fused-ring (bicyclic) bond motifs is 1. The highest BCUT2D eigenvalue weighted by Gasteiger charge is 2.23. The largest absolute Gasteiger partial charge is 0.378 e. The van der Waals surface area contributed by atoms with Crippen molar-refractivity contribution in [3.8, 4) is 10.4 Å². The topological polar surface area (TPSA) is 81.8 Å². The first-order valence-electron chi connectivity index (χ1n) is 11.0. The van der Waals surface area contributed by atoms with E-state index < -0.39 is 0 Å². The summed E-state index contributed by atoms with van der Waals surface area (Å²) in [5, 5.41) is 0.643. The number of amides is 1. The maximum atomic E-state index is 12.6. The Hall–Kier alpha value is -2.59. The third-order valence-corrected chi connectivity index (χ3v) is 7.15. The zero-order valence-electron chi connectivity index (χ0n) is 18.0. The lowest BCUT2D eigenvalue weighted by atomic mass is 10.2. The number of benzene rings is 1. The third-order valence-electron chi connectivity index (χ3n) is 6.07. The molecule has 1 amide bonds. The molecule has 4 heterocycles. The van der Waals surface area contributed by atoms with Crippen LogP contribution in [0.5, 0.6) is 0 Å². The first-order chi connectivity index (χ1) is 15.7. The van der Waals surface area contributed by atoms with E-state index >= 15 is 0 Å². The van der Waals surface area contributed by atoms with E-state index in [0.29, 0.717) is 50.6 Å². The van der Waals surface area contributed by atoms with E-state index in [4.69, 9.17) is 9.72 Å². The second kappa shape index (κ2) is 9.50. The lowest BCUT2D eigenvalue weighted by Gasteiger charge is -2.35. The smallest absolute Gasteiger partial charge is 0.259 e. The molecule has 168 valence electrons. The molecule has 0 atom stereocenters. The molecule has 1 N–H and O–H groups in total. The van der Waals surface area contributed by atoms with Crippen molar-refractivity contribution < 1.29 is 9.53 Å². The molecule has 32 heavy (non-hydrogen) atoms. The minimum atomic E-state index is -0.0850. The molecule has 2 aliphatic heterocycles. The van der Waals surface area contributed by atoms with Crippen molar-refractivity contribution in [3.05, 3.63) is 52.6 Å². The first-order valence-corrected chi connectivity index (χ1v) is 11.9. The van der Waals surface area contributed by atoms with Gasteiger partial charge in [0.15, 0.2) is 0 Å². The molecular formula is C23H27N5O3S. The van der Waals surface area contributed by atoms with Gasteiger partial charge in [0.1, 0.15) is 10.7 Å². The highest BCUT2D eigenvalue weighted by molar-refractivity contribution is 7.21. The van der Waals surface area contributed by atoms with Crippen LogP contribution in [0.3, 0.4) is 0 Å². The lowest BCUT2D eigenvalue weighted by Crippen LogP contribution is -2.51. The number of rotatable bonds is 5. The molecule has 8 nitrogen and oxygen atoms in total. The van der Waals surface area contributed by atoms with Gasteiger partial charge in [-0.15, -0.1) is 11.3 Å². The van der Waals surface area contributed by atoms with Crippen LogP contribution in [0.2, 0.25) is 0 Å². The normalized spacial score (nSPS) is 18.3. The van der Waals surface area contributed by atoms with E-state index in [1.807, 2.05) is 41.3 Å². The summed E-state index contributed by atoms with van der Waals surface area (Å²) in [5.74, 6) is 0.881. The Morgan fingerprint density at radius 3 is 2.50 bits per heavy atom. The molecule has 2 saturated heterocycles. The Morgan fingerprint density at radius 1 is 1.03 bits per heavy atom. The van der Waals surface area contributed by atoms with Crippen LogP contribution in [0.1, 0.15) is 5.82 Å². The average Bonchev–Trinajstić information content (AvgIpc) is 3.26. The number of nitrogens with zero attached hydrogens (tertiary/aromatic N) is 4. The van der Waals surface area contributed by atoms with E-state index in [-0.39, 0.29) is 11.5 Å². The minimum absolute atomic E-state index is 0.0850. The van der Waals surface area contributed by atoms with E-state index in [0.717, 1.165) is 41.5 Å². The molecule has 9 heteroatoms. The number of morpholine rings is 1. The Bertz CT molecular complexity index is 1130. The van der Waals surface area contributed by atoms with Gasteiger partial charge in [0.25, 0.3) is 5.56 Å². The van der Waals surface area contributed by atoms with E-state index in [1.165, 1.54) is 0 Å². The number of H-pyrrole nitrogens is 1. The minimum Gasteiger partial charge on any atom is -0.378 e. The van der Waals surface area contributed by atoms with Gasteiger partial charge in [0, 0.05) is 44.1 Å². The third kappa shape index (κ3) is 4.75. The van der Waals surface area contributed by atoms with Crippen molar-refractivity contribution in [1.82, 2.24) is 24.7 Å². The van der Waals surface area contributed by atoms with Crippen LogP contribution in [0.25, 0.3) is 20.7 Å². The molecular weight excluding hydrogens is 426 g/mol. The Kier molecular flexibility index (Phi) is 6.31. The Morgan fingerprint density at radius 2 is 1.75 bits per heavy atom. The van der Waals surface area contributed by atoms with Gasteiger partial charge in [-0.25, -0.2) is 4.98 Å². The SMILES string of the molecule is O=C(CN1CCN(Cc2nc3sc(-c4ccccc4)cc3c(=O)[nH]2)CC1)N1CCOCC1. The summed E-state index contributed by atoms with van der Waals surface area (Å²) in [6, 6.07) is 12.0. The van der Waals surface area contributed by atoms with Gasteiger partial charge in [-0.05, 0) is 11.6 Å². The molecule has 2 aliphatic rings. The van der Waals surface area contributed by atoms with Crippen LogP contribution in [-0.2, 0) is 16.1 Å². The monoisotopic (exact) mass is 453 g/mol. The quantitative estimate of drug-likeness (QED) is 0.633. The molecule has 2 fully saturated rings. The van der Waals surface area contributed by atoms with Gasteiger partial charge in [0.2, 0.25) is 5.91 Å². The van der Waals surface area contributed by atoms with Crippen molar-refractivity contribution >= 4 is 27.5 Å². The fourth-order valence-corrected chi connectivity index (χ4v) is 5.27. The molecule has 0 spiro atoms. The van der Waals surface area contributed by atoms with Gasteiger partial charge in [-0.1, -0.05) is 30.3 Å². The first kappa shape index (κ1) is 21.3. The molecule has 0 aliphatic carbocycles. The van der Waals surface area contributed by atoms with E-state index in [2.05, 4.69) is 14.8 Å². The molecule has 0 radical (unpaired) electrons.